The van der Waals surface area contributed by atoms with Gasteiger partial charge in [-0.3, -0.25) is 0 Å². The minimum absolute atomic E-state index is 0.798. The Labute approximate surface area is 329 Å². The highest BCUT2D eigenvalue weighted by atomic mass is 32.1. The summed E-state index contributed by atoms with van der Waals surface area (Å²) < 4.78 is 9.90. The van der Waals surface area contributed by atoms with Crippen LogP contribution >= 0.6 is 11.7 Å². The van der Waals surface area contributed by atoms with E-state index in [4.69, 9.17) is 13.7 Å². The highest BCUT2D eigenvalue weighted by molar-refractivity contribution is 7.00. The molecule has 1 N–H and O–H groups in total. The van der Waals surface area contributed by atoms with E-state index in [2.05, 4.69) is 173 Å². The Morgan fingerprint density at radius 1 is 0.339 bits per heavy atom. The third-order valence-electron chi connectivity index (χ3n) is 10.1. The van der Waals surface area contributed by atoms with E-state index in [-0.39, 0.29) is 0 Å². The first kappa shape index (κ1) is 33.2. The summed E-state index contributed by atoms with van der Waals surface area (Å²) in [6.45, 7) is 0. The average Bonchev–Trinajstić information content (AvgIpc) is 3.94. The van der Waals surface area contributed by atoms with E-state index >= 15 is 0 Å². The van der Waals surface area contributed by atoms with Gasteiger partial charge in [-0.2, -0.15) is 8.75 Å². The summed E-state index contributed by atoms with van der Waals surface area (Å²) in [4.78, 5) is 13.6. The Kier molecular flexibility index (Phi) is 8.59. The molecule has 0 aliphatic rings. The summed E-state index contributed by atoms with van der Waals surface area (Å²) in [7, 11) is 0. The van der Waals surface area contributed by atoms with E-state index in [1.807, 2.05) is 42.5 Å². The first-order valence-corrected chi connectivity index (χ1v) is 19.3. The van der Waals surface area contributed by atoms with Crippen LogP contribution in [0.1, 0.15) is 0 Å². The van der Waals surface area contributed by atoms with E-state index in [9.17, 15) is 0 Å². The van der Waals surface area contributed by atoms with Crippen molar-refractivity contribution in [3.05, 3.63) is 200 Å². The molecule has 0 bridgehead atoms. The standard InChI is InChI=1S/C49H34N6S/c1-6-16-36(17-7-1)49-50-45-43(34-26-30-41(31-27-34)54(37-18-8-2-9-19-37)38-20-10-3-11-21-38)47-48(53-56-52-47)44(46(45)51-49)35-28-32-42(33-29-35)55(39-22-12-4-13-23-39)40-24-14-5-15-25-40/h1-33H,(H,50,51). The summed E-state index contributed by atoms with van der Waals surface area (Å²) in [6, 6.07) is 69.5. The van der Waals surface area contributed by atoms with E-state index < -0.39 is 0 Å². The number of anilines is 6. The van der Waals surface area contributed by atoms with Gasteiger partial charge in [0.15, 0.2) is 0 Å². The summed E-state index contributed by atoms with van der Waals surface area (Å²) in [5.74, 6) is 0.798. The molecule has 10 aromatic rings. The van der Waals surface area contributed by atoms with Crippen molar-refractivity contribution in [1.82, 2.24) is 18.7 Å². The van der Waals surface area contributed by atoms with Crippen molar-refractivity contribution < 1.29 is 0 Å². The molecule has 0 aliphatic carbocycles. The zero-order valence-corrected chi connectivity index (χ0v) is 31.0. The van der Waals surface area contributed by atoms with Gasteiger partial charge in [0.25, 0.3) is 0 Å². The number of rotatable bonds is 9. The third kappa shape index (κ3) is 6.06. The number of para-hydroxylation sites is 4. The van der Waals surface area contributed by atoms with Crippen molar-refractivity contribution in [2.45, 2.75) is 0 Å². The third-order valence-corrected chi connectivity index (χ3v) is 10.6. The van der Waals surface area contributed by atoms with Crippen LogP contribution in [0.4, 0.5) is 34.1 Å². The van der Waals surface area contributed by atoms with Gasteiger partial charge in [-0.1, -0.05) is 127 Å². The highest BCUT2D eigenvalue weighted by Gasteiger charge is 2.24. The number of hydrogen-bond acceptors (Lipinski definition) is 6. The molecular formula is C49H34N6S. The van der Waals surface area contributed by atoms with Crippen molar-refractivity contribution in [3.8, 4) is 33.6 Å². The van der Waals surface area contributed by atoms with Gasteiger partial charge in [-0.25, -0.2) is 4.98 Å². The maximum Gasteiger partial charge on any atom is 0.138 e. The number of benzene rings is 8. The Balaban J connectivity index is 1.12. The Hall–Kier alpha value is -7.35. The van der Waals surface area contributed by atoms with Crippen LogP contribution in [0, 0.1) is 0 Å². The number of H-pyrrole nitrogens is 1. The zero-order valence-electron chi connectivity index (χ0n) is 30.2. The SMILES string of the molecule is c1ccc(-c2nc3c(-c4ccc(N(c5ccccc5)c5ccccc5)cc4)c4nsnc4c(-c4ccc(N(c5ccccc5)c5ccccc5)cc4)c3[nH]2)cc1. The molecule has 10 rings (SSSR count). The van der Waals surface area contributed by atoms with Crippen LogP contribution in [0.25, 0.3) is 55.7 Å². The van der Waals surface area contributed by atoms with Crippen LogP contribution in [-0.2, 0) is 0 Å². The molecular weight excluding hydrogens is 705 g/mol. The lowest BCUT2D eigenvalue weighted by molar-refractivity contribution is 1.28. The number of nitrogens with zero attached hydrogens (tertiary/aromatic N) is 5. The highest BCUT2D eigenvalue weighted by Crippen LogP contribution is 2.45. The topological polar surface area (TPSA) is 60.9 Å². The maximum absolute atomic E-state index is 5.32. The molecule has 0 amide bonds. The van der Waals surface area contributed by atoms with Crippen molar-refractivity contribution in [2.24, 2.45) is 0 Å². The number of imidazole rings is 1. The molecule has 0 fully saturated rings. The minimum atomic E-state index is 0.798. The largest absolute Gasteiger partial charge is 0.337 e. The fourth-order valence-electron chi connectivity index (χ4n) is 7.53. The molecule has 6 nitrogen and oxygen atoms in total. The lowest BCUT2D eigenvalue weighted by Gasteiger charge is -2.25. The van der Waals surface area contributed by atoms with Crippen LogP contribution in [0.2, 0.25) is 0 Å². The molecule has 0 saturated heterocycles. The van der Waals surface area contributed by atoms with Gasteiger partial charge in [-0.05, 0) is 83.9 Å². The normalized spacial score (nSPS) is 11.2. The lowest BCUT2D eigenvalue weighted by atomic mass is 9.95. The summed E-state index contributed by atoms with van der Waals surface area (Å²) in [5.41, 5.74) is 14.9. The molecule has 2 heterocycles. The molecule has 2 aromatic heterocycles. The van der Waals surface area contributed by atoms with Crippen molar-refractivity contribution in [3.63, 3.8) is 0 Å². The Morgan fingerprint density at radius 2 is 0.696 bits per heavy atom. The van der Waals surface area contributed by atoms with Crippen molar-refractivity contribution in [1.29, 1.82) is 0 Å². The fraction of sp³-hybridized carbons (Fsp3) is 0. The van der Waals surface area contributed by atoms with Crippen LogP contribution in [0.15, 0.2) is 200 Å². The first-order valence-electron chi connectivity index (χ1n) is 18.5. The van der Waals surface area contributed by atoms with E-state index in [1.165, 1.54) is 11.7 Å². The van der Waals surface area contributed by atoms with Crippen molar-refractivity contribution >= 4 is 67.9 Å². The molecule has 7 heteroatoms. The molecule has 56 heavy (non-hydrogen) atoms. The second-order valence-corrected chi connectivity index (χ2v) is 14.0. The van der Waals surface area contributed by atoms with E-state index in [0.29, 0.717) is 0 Å². The number of hydrogen-bond donors (Lipinski definition) is 1. The van der Waals surface area contributed by atoms with E-state index in [0.717, 1.165) is 89.8 Å². The molecule has 0 aliphatic heterocycles. The summed E-state index contributed by atoms with van der Waals surface area (Å²) in [6.07, 6.45) is 0. The summed E-state index contributed by atoms with van der Waals surface area (Å²) in [5, 5.41) is 0. The molecule has 0 radical (unpaired) electrons. The van der Waals surface area contributed by atoms with Crippen LogP contribution in [0.5, 0.6) is 0 Å². The smallest absolute Gasteiger partial charge is 0.138 e. The van der Waals surface area contributed by atoms with Crippen LogP contribution in [-0.4, -0.2) is 18.7 Å². The van der Waals surface area contributed by atoms with Crippen molar-refractivity contribution in [2.75, 3.05) is 9.80 Å². The minimum Gasteiger partial charge on any atom is -0.337 e. The molecule has 266 valence electrons. The Morgan fingerprint density at radius 3 is 1.12 bits per heavy atom. The van der Waals surface area contributed by atoms with Gasteiger partial charge in [0.05, 0.1) is 22.8 Å². The van der Waals surface area contributed by atoms with Gasteiger partial charge >= 0.3 is 0 Å². The number of fused-ring (bicyclic) bond motifs is 2. The predicted molar refractivity (Wildman–Crippen MR) is 233 cm³/mol. The zero-order chi connectivity index (χ0) is 37.3. The van der Waals surface area contributed by atoms with Crippen LogP contribution < -0.4 is 9.80 Å². The predicted octanol–water partition coefficient (Wildman–Crippen LogP) is 13.5. The molecule has 0 saturated carbocycles. The van der Waals surface area contributed by atoms with Gasteiger partial charge in [0.2, 0.25) is 0 Å². The van der Waals surface area contributed by atoms with Gasteiger partial charge in [0, 0.05) is 50.8 Å². The maximum atomic E-state index is 5.32. The molecule has 0 unspecified atom stereocenters. The second-order valence-electron chi connectivity index (χ2n) is 13.5. The van der Waals surface area contributed by atoms with E-state index in [1.54, 1.807) is 0 Å². The van der Waals surface area contributed by atoms with Gasteiger partial charge in [-0.15, -0.1) is 0 Å². The quantitative estimate of drug-likeness (QED) is 0.160. The number of aromatic amines is 1. The van der Waals surface area contributed by atoms with Gasteiger partial charge < -0.3 is 14.8 Å². The first-order chi connectivity index (χ1) is 27.8. The average molecular weight is 739 g/mol. The monoisotopic (exact) mass is 738 g/mol. The summed E-state index contributed by atoms with van der Waals surface area (Å²) >= 11 is 1.23. The van der Waals surface area contributed by atoms with Gasteiger partial charge in [0.1, 0.15) is 16.9 Å². The molecule has 0 spiro atoms. The second kappa shape index (κ2) is 14.5. The van der Waals surface area contributed by atoms with Crippen LogP contribution in [0.3, 0.4) is 0 Å². The number of aromatic nitrogens is 4. The Bertz CT molecular complexity index is 2620. The molecule has 0 atom stereocenters. The number of nitrogens with one attached hydrogen (secondary N) is 1. The lowest BCUT2D eigenvalue weighted by Crippen LogP contribution is -2.09. The molecule has 8 aromatic carbocycles. The fourth-order valence-corrected chi connectivity index (χ4v) is 8.09.